The fraction of sp³-hybridized carbons (Fsp3) is 0.0909. The minimum atomic E-state index is 0.649. The summed E-state index contributed by atoms with van der Waals surface area (Å²) in [5.74, 6) is 9.19. The first-order valence-corrected chi connectivity index (χ1v) is 9.90. The topological polar surface area (TPSA) is 66.0 Å². The lowest BCUT2D eigenvalue weighted by atomic mass is 10.1. The number of para-hydroxylation sites is 2. The molecule has 0 bridgehead atoms. The summed E-state index contributed by atoms with van der Waals surface area (Å²) in [6.07, 6.45) is 0. The lowest BCUT2D eigenvalue weighted by Gasteiger charge is -2.10. The molecule has 3 aromatic carbocycles. The third-order valence-corrected chi connectivity index (χ3v) is 5.27. The zero-order valence-electron chi connectivity index (χ0n) is 15.4. The highest BCUT2D eigenvalue weighted by atomic mass is 32.2. The van der Waals surface area contributed by atoms with Crippen molar-refractivity contribution in [3.05, 3.63) is 90.0 Å². The number of hydrogen-bond donors (Lipinski definition) is 1. The molecule has 140 valence electrons. The van der Waals surface area contributed by atoms with E-state index in [9.17, 15) is 0 Å². The number of rotatable bonds is 6. The summed E-state index contributed by atoms with van der Waals surface area (Å²) in [6, 6.07) is 25.8. The second kappa shape index (κ2) is 8.19. The maximum absolute atomic E-state index is 6.24. The van der Waals surface area contributed by atoms with Crippen molar-refractivity contribution in [1.82, 2.24) is 14.9 Å². The fourth-order valence-corrected chi connectivity index (χ4v) is 3.60. The summed E-state index contributed by atoms with van der Waals surface area (Å²) >= 11 is 1.53. The van der Waals surface area contributed by atoms with Gasteiger partial charge in [-0.2, -0.15) is 0 Å². The number of aromatic nitrogens is 3. The van der Waals surface area contributed by atoms with Crippen LogP contribution in [-0.2, 0) is 5.75 Å². The molecule has 0 fully saturated rings. The van der Waals surface area contributed by atoms with E-state index in [2.05, 4.69) is 10.2 Å². The summed E-state index contributed by atoms with van der Waals surface area (Å²) < 4.78 is 7.56. The van der Waals surface area contributed by atoms with Crippen LogP contribution in [0.5, 0.6) is 11.5 Å². The second-order valence-electron chi connectivity index (χ2n) is 6.35. The van der Waals surface area contributed by atoms with Crippen molar-refractivity contribution in [1.29, 1.82) is 0 Å². The van der Waals surface area contributed by atoms with Gasteiger partial charge in [-0.25, -0.2) is 4.68 Å². The molecule has 0 aliphatic rings. The number of aryl methyl sites for hydroxylation is 1. The zero-order chi connectivity index (χ0) is 19.3. The molecule has 0 aliphatic heterocycles. The SMILES string of the molecule is Cc1ccc(-c2nnc(SCc3ccccc3Oc3ccccc3)n2N)cc1. The molecule has 5 nitrogen and oxygen atoms in total. The summed E-state index contributed by atoms with van der Waals surface area (Å²) in [4.78, 5) is 0. The standard InChI is InChI=1S/C22H20N4OS/c1-16-11-13-17(14-12-16)21-24-25-22(26(21)23)28-15-18-7-5-6-10-20(18)27-19-8-3-2-4-9-19/h2-14H,15,23H2,1H3. The average molecular weight is 388 g/mol. The lowest BCUT2D eigenvalue weighted by Crippen LogP contribution is -2.11. The fourth-order valence-electron chi connectivity index (χ4n) is 2.76. The molecular weight excluding hydrogens is 368 g/mol. The Bertz CT molecular complexity index is 1060. The van der Waals surface area contributed by atoms with E-state index in [-0.39, 0.29) is 0 Å². The van der Waals surface area contributed by atoms with Gasteiger partial charge in [-0.05, 0) is 25.1 Å². The van der Waals surface area contributed by atoms with Crippen LogP contribution in [0.2, 0.25) is 0 Å². The number of ether oxygens (including phenoxy) is 1. The van der Waals surface area contributed by atoms with E-state index in [0.29, 0.717) is 16.7 Å². The molecule has 28 heavy (non-hydrogen) atoms. The van der Waals surface area contributed by atoms with Crippen molar-refractivity contribution in [2.75, 3.05) is 5.84 Å². The van der Waals surface area contributed by atoms with Crippen molar-refractivity contribution in [2.45, 2.75) is 17.8 Å². The molecule has 0 amide bonds. The minimum Gasteiger partial charge on any atom is -0.457 e. The molecule has 6 heteroatoms. The molecule has 0 aliphatic carbocycles. The Morgan fingerprint density at radius 3 is 2.39 bits per heavy atom. The van der Waals surface area contributed by atoms with Gasteiger partial charge in [0.25, 0.3) is 0 Å². The van der Waals surface area contributed by atoms with Crippen molar-refractivity contribution >= 4 is 11.8 Å². The van der Waals surface area contributed by atoms with Gasteiger partial charge in [0.15, 0.2) is 5.82 Å². The van der Waals surface area contributed by atoms with E-state index in [0.717, 1.165) is 22.6 Å². The number of nitrogens with two attached hydrogens (primary N) is 1. The Labute approximate surface area is 168 Å². The maximum atomic E-state index is 6.24. The first-order chi connectivity index (χ1) is 13.7. The molecular formula is C22H20N4OS. The molecule has 4 rings (SSSR count). The largest absolute Gasteiger partial charge is 0.457 e. The number of nitrogen functional groups attached to an aromatic ring is 1. The summed E-state index contributed by atoms with van der Waals surface area (Å²) in [5.41, 5.74) is 3.20. The second-order valence-corrected chi connectivity index (χ2v) is 7.30. The van der Waals surface area contributed by atoms with Crippen LogP contribution in [0.4, 0.5) is 0 Å². The number of nitrogens with zero attached hydrogens (tertiary/aromatic N) is 3. The molecule has 0 atom stereocenters. The van der Waals surface area contributed by atoms with E-state index in [1.165, 1.54) is 22.0 Å². The highest BCUT2D eigenvalue weighted by Crippen LogP contribution is 2.31. The molecule has 1 heterocycles. The predicted octanol–water partition coefficient (Wildman–Crippen LogP) is 5.05. The Morgan fingerprint density at radius 1 is 0.893 bits per heavy atom. The maximum Gasteiger partial charge on any atom is 0.210 e. The quantitative estimate of drug-likeness (QED) is 0.370. The Hall–Kier alpha value is -3.25. The van der Waals surface area contributed by atoms with Crippen molar-refractivity contribution < 1.29 is 4.74 Å². The lowest BCUT2D eigenvalue weighted by molar-refractivity contribution is 0.478. The average Bonchev–Trinajstić information content (AvgIpc) is 3.09. The van der Waals surface area contributed by atoms with Crippen molar-refractivity contribution in [3.8, 4) is 22.9 Å². The van der Waals surface area contributed by atoms with E-state index in [1.54, 1.807) is 0 Å². The molecule has 0 radical (unpaired) electrons. The van der Waals surface area contributed by atoms with Gasteiger partial charge >= 0.3 is 0 Å². The highest BCUT2D eigenvalue weighted by Gasteiger charge is 2.13. The van der Waals surface area contributed by atoms with Gasteiger partial charge in [0.05, 0.1) is 0 Å². The summed E-state index contributed by atoms with van der Waals surface area (Å²) in [6.45, 7) is 2.05. The third kappa shape index (κ3) is 4.02. The van der Waals surface area contributed by atoms with Crippen LogP contribution < -0.4 is 10.6 Å². The Kier molecular flexibility index (Phi) is 5.30. The van der Waals surface area contributed by atoms with Gasteiger partial charge in [-0.15, -0.1) is 10.2 Å². The van der Waals surface area contributed by atoms with E-state index < -0.39 is 0 Å². The summed E-state index contributed by atoms with van der Waals surface area (Å²) in [7, 11) is 0. The van der Waals surface area contributed by atoms with Gasteiger partial charge in [-0.1, -0.05) is 78.0 Å². The van der Waals surface area contributed by atoms with Gasteiger partial charge in [0, 0.05) is 16.9 Å². The molecule has 0 saturated heterocycles. The van der Waals surface area contributed by atoms with Crippen LogP contribution in [0.3, 0.4) is 0 Å². The van der Waals surface area contributed by atoms with Gasteiger partial charge in [0.1, 0.15) is 11.5 Å². The zero-order valence-corrected chi connectivity index (χ0v) is 16.3. The highest BCUT2D eigenvalue weighted by molar-refractivity contribution is 7.98. The van der Waals surface area contributed by atoms with E-state index in [4.69, 9.17) is 10.6 Å². The number of benzene rings is 3. The van der Waals surface area contributed by atoms with Gasteiger partial charge < -0.3 is 10.6 Å². The molecule has 0 saturated carbocycles. The number of hydrogen-bond acceptors (Lipinski definition) is 5. The van der Waals surface area contributed by atoms with Crippen molar-refractivity contribution in [3.63, 3.8) is 0 Å². The van der Waals surface area contributed by atoms with Crippen LogP contribution in [-0.4, -0.2) is 14.9 Å². The van der Waals surface area contributed by atoms with Crippen LogP contribution in [0.25, 0.3) is 11.4 Å². The normalized spacial score (nSPS) is 10.8. The Morgan fingerprint density at radius 2 is 1.61 bits per heavy atom. The van der Waals surface area contributed by atoms with E-state index in [1.807, 2.05) is 85.8 Å². The van der Waals surface area contributed by atoms with Gasteiger partial charge in [0.2, 0.25) is 5.16 Å². The molecule has 4 aromatic rings. The van der Waals surface area contributed by atoms with Crippen LogP contribution in [0, 0.1) is 6.92 Å². The first-order valence-electron chi connectivity index (χ1n) is 8.92. The summed E-state index contributed by atoms with van der Waals surface area (Å²) in [5, 5.41) is 9.16. The smallest absolute Gasteiger partial charge is 0.210 e. The van der Waals surface area contributed by atoms with Crippen LogP contribution in [0.15, 0.2) is 84.0 Å². The van der Waals surface area contributed by atoms with Crippen LogP contribution >= 0.6 is 11.8 Å². The molecule has 2 N–H and O–H groups in total. The van der Waals surface area contributed by atoms with Gasteiger partial charge in [-0.3, -0.25) is 0 Å². The number of thioether (sulfide) groups is 1. The predicted molar refractivity (Wildman–Crippen MR) is 113 cm³/mol. The first kappa shape index (κ1) is 18.1. The minimum absolute atomic E-state index is 0.649. The van der Waals surface area contributed by atoms with Crippen molar-refractivity contribution in [2.24, 2.45) is 0 Å². The van der Waals surface area contributed by atoms with Crippen LogP contribution in [0.1, 0.15) is 11.1 Å². The molecule has 0 spiro atoms. The Balaban J connectivity index is 1.50. The van der Waals surface area contributed by atoms with E-state index >= 15 is 0 Å². The molecule has 0 unspecified atom stereocenters. The third-order valence-electron chi connectivity index (χ3n) is 4.27. The molecule has 1 aromatic heterocycles. The monoisotopic (exact) mass is 388 g/mol.